The molecule has 0 saturated heterocycles. The van der Waals surface area contributed by atoms with Gasteiger partial charge in [-0.2, -0.15) is 4.99 Å². The van der Waals surface area contributed by atoms with E-state index in [1.807, 2.05) is 32.0 Å². The van der Waals surface area contributed by atoms with Gasteiger partial charge in [0.15, 0.2) is 0 Å². The third-order valence-electron chi connectivity index (χ3n) is 2.17. The summed E-state index contributed by atoms with van der Waals surface area (Å²) in [5, 5.41) is 0. The van der Waals surface area contributed by atoms with E-state index < -0.39 is 0 Å². The first-order valence-electron chi connectivity index (χ1n) is 4.40. The largest absolute Gasteiger partial charge is 0.497 e. The van der Waals surface area contributed by atoms with Gasteiger partial charge in [-0.05, 0) is 37.1 Å². The Labute approximate surface area is 83.4 Å². The Kier molecular flexibility index (Phi) is 3.43. The molecule has 0 aliphatic carbocycles. The van der Waals surface area contributed by atoms with Gasteiger partial charge >= 0.3 is 0 Å². The first-order chi connectivity index (χ1) is 6.69. The molecular weight excluding hydrogens is 178 g/mol. The summed E-state index contributed by atoms with van der Waals surface area (Å²) in [7, 11) is 1.63. The van der Waals surface area contributed by atoms with Crippen LogP contribution < -0.4 is 4.74 Å². The summed E-state index contributed by atoms with van der Waals surface area (Å²) in [6, 6.07) is 5.56. The third kappa shape index (κ3) is 2.21. The number of aryl methyl sites for hydroxylation is 1. The van der Waals surface area contributed by atoms with Crippen molar-refractivity contribution in [3.8, 4) is 5.75 Å². The Hall–Kier alpha value is -1.60. The quantitative estimate of drug-likeness (QED) is 0.543. The number of nitrogens with zero attached hydrogens (tertiary/aromatic N) is 1. The summed E-state index contributed by atoms with van der Waals surface area (Å²) in [4.78, 5) is 13.8. The molecule has 0 amide bonds. The van der Waals surface area contributed by atoms with Crippen molar-refractivity contribution in [3.05, 3.63) is 29.3 Å². The molecule has 0 bridgehead atoms. The summed E-state index contributed by atoms with van der Waals surface area (Å²) in [5.41, 5.74) is 2.09. The van der Waals surface area contributed by atoms with E-state index in [0.29, 0.717) is 0 Å². The predicted molar refractivity (Wildman–Crippen MR) is 54.3 cm³/mol. The monoisotopic (exact) mass is 191 g/mol. The lowest BCUT2D eigenvalue weighted by Crippen LogP contribution is -1.94. The van der Waals surface area contributed by atoms with Gasteiger partial charge in [0.2, 0.25) is 6.08 Å². The van der Waals surface area contributed by atoms with E-state index in [-0.39, 0.29) is 6.04 Å². The molecule has 1 rings (SSSR count). The fraction of sp³-hybridized carbons (Fsp3) is 0.364. The minimum absolute atomic E-state index is 0.140. The van der Waals surface area contributed by atoms with Gasteiger partial charge in [-0.3, -0.25) is 0 Å². The third-order valence-corrected chi connectivity index (χ3v) is 2.17. The molecule has 3 nitrogen and oxygen atoms in total. The zero-order valence-corrected chi connectivity index (χ0v) is 8.57. The number of benzene rings is 1. The van der Waals surface area contributed by atoms with Crippen molar-refractivity contribution >= 4 is 6.08 Å². The van der Waals surface area contributed by atoms with Crippen molar-refractivity contribution in [1.82, 2.24) is 0 Å². The Morgan fingerprint density at radius 3 is 2.71 bits per heavy atom. The minimum atomic E-state index is -0.140. The number of hydrogen-bond acceptors (Lipinski definition) is 3. The van der Waals surface area contributed by atoms with Crippen molar-refractivity contribution in [1.29, 1.82) is 0 Å². The van der Waals surface area contributed by atoms with Gasteiger partial charge in [-0.15, -0.1) is 0 Å². The highest BCUT2D eigenvalue weighted by atomic mass is 16.5. The molecule has 0 aliphatic heterocycles. The van der Waals surface area contributed by atoms with Gasteiger partial charge in [0.1, 0.15) is 5.75 Å². The zero-order valence-electron chi connectivity index (χ0n) is 8.57. The molecule has 0 fully saturated rings. The van der Waals surface area contributed by atoms with Crippen LogP contribution in [0, 0.1) is 6.92 Å². The fourth-order valence-electron chi connectivity index (χ4n) is 1.39. The second-order valence-electron chi connectivity index (χ2n) is 3.12. The van der Waals surface area contributed by atoms with Gasteiger partial charge in [0.25, 0.3) is 0 Å². The van der Waals surface area contributed by atoms with Crippen molar-refractivity contribution in [2.24, 2.45) is 4.99 Å². The standard InChI is InChI=1S/C11H13NO2/c1-8-6-10(14-3)4-5-11(8)9(2)12-7-13/h4-6,9H,1-3H3. The summed E-state index contributed by atoms with van der Waals surface area (Å²) in [5.74, 6) is 0.813. The van der Waals surface area contributed by atoms with Crippen molar-refractivity contribution in [3.63, 3.8) is 0 Å². The van der Waals surface area contributed by atoms with E-state index in [0.717, 1.165) is 16.9 Å². The molecule has 1 atom stereocenters. The van der Waals surface area contributed by atoms with Crippen LogP contribution in [0.15, 0.2) is 23.2 Å². The van der Waals surface area contributed by atoms with E-state index >= 15 is 0 Å². The number of rotatable bonds is 3. The van der Waals surface area contributed by atoms with Crippen LogP contribution in [-0.4, -0.2) is 13.2 Å². The molecule has 0 aliphatic rings. The highest BCUT2D eigenvalue weighted by molar-refractivity contribution is 5.39. The number of ether oxygens (including phenoxy) is 1. The van der Waals surface area contributed by atoms with Gasteiger partial charge in [0, 0.05) is 0 Å². The first-order valence-corrected chi connectivity index (χ1v) is 4.40. The molecule has 74 valence electrons. The minimum Gasteiger partial charge on any atom is -0.497 e. The highest BCUT2D eigenvalue weighted by Crippen LogP contribution is 2.24. The van der Waals surface area contributed by atoms with E-state index in [4.69, 9.17) is 4.74 Å². The molecule has 3 heteroatoms. The maximum atomic E-state index is 10.1. The zero-order chi connectivity index (χ0) is 10.6. The van der Waals surface area contributed by atoms with Crippen LogP contribution in [0.5, 0.6) is 5.75 Å². The summed E-state index contributed by atoms with van der Waals surface area (Å²) in [6.07, 6.45) is 1.57. The van der Waals surface area contributed by atoms with Crippen LogP contribution >= 0.6 is 0 Å². The molecular formula is C11H13NO2. The molecule has 1 unspecified atom stereocenters. The molecule has 0 aromatic heterocycles. The lowest BCUT2D eigenvalue weighted by atomic mass is 10.0. The number of aliphatic imine (C=N–C) groups is 1. The molecule has 0 radical (unpaired) electrons. The van der Waals surface area contributed by atoms with Crippen LogP contribution in [0.2, 0.25) is 0 Å². The van der Waals surface area contributed by atoms with Crippen LogP contribution in [0.25, 0.3) is 0 Å². The topological polar surface area (TPSA) is 38.7 Å². The van der Waals surface area contributed by atoms with Crippen LogP contribution in [-0.2, 0) is 4.79 Å². The summed E-state index contributed by atoms with van der Waals surface area (Å²) in [6.45, 7) is 3.83. The molecule has 0 N–H and O–H groups in total. The Balaban J connectivity index is 3.05. The van der Waals surface area contributed by atoms with Gasteiger partial charge < -0.3 is 4.74 Å². The molecule has 1 aromatic carbocycles. The first kappa shape index (κ1) is 10.5. The van der Waals surface area contributed by atoms with Crippen LogP contribution in [0.3, 0.4) is 0 Å². The number of isocyanates is 1. The lowest BCUT2D eigenvalue weighted by Gasteiger charge is -2.09. The molecule has 14 heavy (non-hydrogen) atoms. The molecule has 0 spiro atoms. The van der Waals surface area contributed by atoms with Gasteiger partial charge in [0.05, 0.1) is 13.2 Å². The lowest BCUT2D eigenvalue weighted by molar-refractivity contribution is 0.414. The average molecular weight is 191 g/mol. The van der Waals surface area contributed by atoms with E-state index in [1.54, 1.807) is 13.2 Å². The van der Waals surface area contributed by atoms with Gasteiger partial charge in [-0.1, -0.05) is 6.07 Å². The Morgan fingerprint density at radius 1 is 1.50 bits per heavy atom. The SMILES string of the molecule is COc1ccc(C(C)N=C=O)c(C)c1. The van der Waals surface area contributed by atoms with Crippen molar-refractivity contribution < 1.29 is 9.53 Å². The average Bonchev–Trinajstić information content (AvgIpc) is 2.17. The molecule has 0 heterocycles. The van der Waals surface area contributed by atoms with Crippen LogP contribution in [0.1, 0.15) is 24.1 Å². The normalized spacial score (nSPS) is 11.6. The van der Waals surface area contributed by atoms with Gasteiger partial charge in [-0.25, -0.2) is 4.79 Å². The van der Waals surface area contributed by atoms with E-state index in [2.05, 4.69) is 4.99 Å². The maximum Gasteiger partial charge on any atom is 0.235 e. The Bertz CT molecular complexity index is 368. The summed E-state index contributed by atoms with van der Waals surface area (Å²) < 4.78 is 5.08. The molecule has 0 saturated carbocycles. The Morgan fingerprint density at radius 2 is 2.21 bits per heavy atom. The summed E-state index contributed by atoms with van der Waals surface area (Å²) >= 11 is 0. The smallest absolute Gasteiger partial charge is 0.235 e. The van der Waals surface area contributed by atoms with E-state index in [9.17, 15) is 4.79 Å². The number of methoxy groups -OCH3 is 1. The second-order valence-corrected chi connectivity index (χ2v) is 3.12. The number of hydrogen-bond donors (Lipinski definition) is 0. The highest BCUT2D eigenvalue weighted by Gasteiger charge is 2.07. The molecule has 1 aromatic rings. The maximum absolute atomic E-state index is 10.1. The van der Waals surface area contributed by atoms with Crippen LogP contribution in [0.4, 0.5) is 0 Å². The predicted octanol–water partition coefficient (Wildman–Crippen LogP) is 2.40. The number of carbonyl (C=O) groups excluding carboxylic acids is 1. The fourth-order valence-corrected chi connectivity index (χ4v) is 1.39. The second kappa shape index (κ2) is 4.58. The van der Waals surface area contributed by atoms with Crippen molar-refractivity contribution in [2.45, 2.75) is 19.9 Å². The van der Waals surface area contributed by atoms with E-state index in [1.165, 1.54) is 0 Å². The van der Waals surface area contributed by atoms with Crippen molar-refractivity contribution in [2.75, 3.05) is 7.11 Å².